The van der Waals surface area contributed by atoms with Crippen molar-refractivity contribution in [1.29, 1.82) is 0 Å². The van der Waals surface area contributed by atoms with E-state index in [1.807, 2.05) is 5.57 Å². The normalized spacial score (nSPS) is 45.3. The van der Waals surface area contributed by atoms with Crippen molar-refractivity contribution in [3.05, 3.63) is 11.6 Å². The van der Waals surface area contributed by atoms with Crippen molar-refractivity contribution in [2.24, 2.45) is 52.3 Å². The van der Waals surface area contributed by atoms with Gasteiger partial charge in [-0.05, 0) is 110 Å². The lowest BCUT2D eigenvalue weighted by atomic mass is 9.47. The van der Waals surface area contributed by atoms with Crippen LogP contribution in [-0.4, -0.2) is 0 Å². The fourth-order valence-corrected chi connectivity index (χ4v) is 9.06. The number of rotatable bonds is 6. The predicted octanol–water partition coefficient (Wildman–Crippen LogP) is 9.05. The Bertz CT molecular complexity index is 599. The van der Waals surface area contributed by atoms with E-state index in [4.69, 9.17) is 0 Å². The van der Waals surface area contributed by atoms with Gasteiger partial charge in [-0.2, -0.15) is 0 Å². The summed E-state index contributed by atoms with van der Waals surface area (Å²) in [6.45, 7) is 15.1. The highest BCUT2D eigenvalue weighted by molar-refractivity contribution is 5.24. The summed E-state index contributed by atoms with van der Waals surface area (Å²) in [5.41, 5.74) is 3.08. The highest BCUT2D eigenvalue weighted by Gasteiger charge is 2.58. The minimum absolute atomic E-state index is 0.556. The molecule has 166 valence electrons. The highest BCUT2D eigenvalue weighted by Crippen LogP contribution is 2.67. The third-order valence-electron chi connectivity index (χ3n) is 11.1. The van der Waals surface area contributed by atoms with Gasteiger partial charge in [-0.3, -0.25) is 0 Å². The summed E-state index contributed by atoms with van der Waals surface area (Å²) in [4.78, 5) is 0. The fraction of sp³-hybridized carbons (Fsp3) is 0.931. The van der Waals surface area contributed by atoms with Crippen molar-refractivity contribution < 1.29 is 0 Å². The molecule has 8 unspecified atom stereocenters. The van der Waals surface area contributed by atoms with E-state index < -0.39 is 0 Å². The summed E-state index contributed by atoms with van der Waals surface area (Å²) in [6, 6.07) is 0. The molecule has 4 rings (SSSR count). The smallest absolute Gasteiger partial charge is 0.00851 e. The Labute approximate surface area is 182 Å². The summed E-state index contributed by atoms with van der Waals surface area (Å²) in [5.74, 6) is 6.77. The molecule has 0 aromatic rings. The molecule has 0 spiro atoms. The van der Waals surface area contributed by atoms with E-state index in [0.29, 0.717) is 10.8 Å². The average Bonchev–Trinajstić information content (AvgIpc) is 3.02. The maximum absolute atomic E-state index is 2.75. The van der Waals surface area contributed by atoms with E-state index >= 15 is 0 Å². The van der Waals surface area contributed by atoms with Gasteiger partial charge in [0.1, 0.15) is 0 Å². The van der Waals surface area contributed by atoms with Crippen molar-refractivity contribution in [3.63, 3.8) is 0 Å². The van der Waals surface area contributed by atoms with Gasteiger partial charge in [0, 0.05) is 0 Å². The van der Waals surface area contributed by atoms with E-state index in [1.54, 1.807) is 6.42 Å². The van der Waals surface area contributed by atoms with E-state index in [9.17, 15) is 0 Å². The minimum atomic E-state index is 0.556. The van der Waals surface area contributed by atoms with Crippen LogP contribution >= 0.6 is 0 Å². The molecule has 8 atom stereocenters. The Kier molecular flexibility index (Phi) is 6.32. The van der Waals surface area contributed by atoms with Crippen LogP contribution < -0.4 is 0 Å². The summed E-state index contributed by atoms with van der Waals surface area (Å²) >= 11 is 0. The van der Waals surface area contributed by atoms with Crippen LogP contribution in [0, 0.1) is 52.3 Å². The first-order valence-corrected chi connectivity index (χ1v) is 13.5. The maximum atomic E-state index is 2.75. The van der Waals surface area contributed by atoms with E-state index in [0.717, 1.165) is 41.4 Å². The van der Waals surface area contributed by atoms with Gasteiger partial charge in [0.05, 0.1) is 0 Å². The lowest BCUT2D eigenvalue weighted by Gasteiger charge is -2.58. The topological polar surface area (TPSA) is 0 Å². The number of fused-ring (bicyclic) bond motifs is 5. The molecular formula is C29H50. The molecular weight excluding hydrogens is 348 g/mol. The van der Waals surface area contributed by atoms with Crippen molar-refractivity contribution in [2.75, 3.05) is 0 Å². The third kappa shape index (κ3) is 3.78. The van der Waals surface area contributed by atoms with Crippen LogP contribution in [0.5, 0.6) is 0 Å². The Morgan fingerprint density at radius 3 is 2.55 bits per heavy atom. The highest BCUT2D eigenvalue weighted by atomic mass is 14.6. The molecule has 0 N–H and O–H groups in total. The van der Waals surface area contributed by atoms with Crippen molar-refractivity contribution >= 4 is 0 Å². The van der Waals surface area contributed by atoms with Crippen molar-refractivity contribution in [2.45, 2.75) is 119 Å². The number of hydrogen-bond donors (Lipinski definition) is 0. The molecule has 0 amide bonds. The number of allylic oxidation sites excluding steroid dienone is 2. The van der Waals surface area contributed by atoms with Gasteiger partial charge >= 0.3 is 0 Å². The first-order chi connectivity index (χ1) is 13.8. The Hall–Kier alpha value is -0.260. The van der Waals surface area contributed by atoms with Crippen LogP contribution in [0.2, 0.25) is 0 Å². The molecule has 0 heterocycles. The quantitative estimate of drug-likeness (QED) is 0.391. The second-order valence-electron chi connectivity index (χ2n) is 12.8. The largest absolute Gasteiger partial charge is 0.0845 e. The van der Waals surface area contributed by atoms with Gasteiger partial charge in [0.15, 0.2) is 0 Å². The number of hydrogen-bond acceptors (Lipinski definition) is 0. The zero-order valence-corrected chi connectivity index (χ0v) is 20.6. The van der Waals surface area contributed by atoms with Crippen LogP contribution in [0.1, 0.15) is 119 Å². The summed E-state index contributed by atoms with van der Waals surface area (Å²) in [7, 11) is 0. The Morgan fingerprint density at radius 2 is 1.83 bits per heavy atom. The van der Waals surface area contributed by atoms with Crippen LogP contribution in [0.25, 0.3) is 0 Å². The van der Waals surface area contributed by atoms with Crippen molar-refractivity contribution in [1.82, 2.24) is 0 Å². The molecule has 0 aromatic heterocycles. The molecule has 0 bridgehead atoms. The molecule has 0 nitrogen and oxygen atoms in total. The van der Waals surface area contributed by atoms with Crippen LogP contribution in [0.15, 0.2) is 11.6 Å². The second-order valence-corrected chi connectivity index (χ2v) is 12.8. The molecule has 0 heteroatoms. The Morgan fingerprint density at radius 1 is 1.03 bits per heavy atom. The van der Waals surface area contributed by atoms with Gasteiger partial charge < -0.3 is 0 Å². The molecule has 0 saturated heterocycles. The molecule has 29 heavy (non-hydrogen) atoms. The van der Waals surface area contributed by atoms with Crippen LogP contribution in [-0.2, 0) is 0 Å². The molecule has 4 aliphatic carbocycles. The van der Waals surface area contributed by atoms with Crippen LogP contribution in [0.4, 0.5) is 0 Å². The molecule has 0 aromatic carbocycles. The summed E-state index contributed by atoms with van der Waals surface area (Å²) < 4.78 is 0. The molecule has 4 aliphatic rings. The predicted molar refractivity (Wildman–Crippen MR) is 127 cm³/mol. The van der Waals surface area contributed by atoms with Crippen molar-refractivity contribution in [3.8, 4) is 0 Å². The van der Waals surface area contributed by atoms with E-state index in [1.165, 1.54) is 70.6 Å². The zero-order valence-electron chi connectivity index (χ0n) is 20.6. The first kappa shape index (κ1) is 22.0. The van der Waals surface area contributed by atoms with Crippen LogP contribution in [0.3, 0.4) is 0 Å². The van der Waals surface area contributed by atoms with E-state index in [2.05, 4.69) is 47.6 Å². The van der Waals surface area contributed by atoms with E-state index in [-0.39, 0.29) is 0 Å². The van der Waals surface area contributed by atoms with Gasteiger partial charge in [0.25, 0.3) is 0 Å². The molecule has 0 aliphatic heterocycles. The Balaban J connectivity index is 1.43. The standard InChI is InChI=1S/C29H50/c1-7-22(20(2)3)9-8-10-23-12-14-26-25-13-11-24-19-21(4)15-17-29(24,6)27(25)16-18-28(23,26)5/h11,20-23,25-27H,7-10,12-19H2,1-6H3. The maximum Gasteiger partial charge on any atom is -0.00851 e. The monoisotopic (exact) mass is 398 g/mol. The third-order valence-corrected chi connectivity index (χ3v) is 11.1. The van der Waals surface area contributed by atoms with Gasteiger partial charge in [-0.1, -0.05) is 72.5 Å². The lowest BCUT2D eigenvalue weighted by molar-refractivity contribution is -0.0452. The molecule has 0 radical (unpaired) electrons. The average molecular weight is 399 g/mol. The zero-order chi connectivity index (χ0) is 20.8. The SMILES string of the molecule is CCC(CCCC1CCC2C3CC=C4CC(C)CCC4(C)C3CCC12C)C(C)C. The van der Waals surface area contributed by atoms with Gasteiger partial charge in [-0.15, -0.1) is 0 Å². The lowest BCUT2D eigenvalue weighted by Crippen LogP contribution is -2.49. The summed E-state index contributed by atoms with van der Waals surface area (Å²) in [5, 5.41) is 0. The molecule has 3 fully saturated rings. The molecule has 3 saturated carbocycles. The fourth-order valence-electron chi connectivity index (χ4n) is 9.06. The van der Waals surface area contributed by atoms with Gasteiger partial charge in [0.2, 0.25) is 0 Å². The first-order valence-electron chi connectivity index (χ1n) is 13.5. The second kappa shape index (κ2) is 8.35. The van der Waals surface area contributed by atoms with Gasteiger partial charge in [-0.25, -0.2) is 0 Å². The minimum Gasteiger partial charge on any atom is -0.0845 e. The summed E-state index contributed by atoms with van der Waals surface area (Å²) in [6.07, 6.45) is 20.5.